The van der Waals surface area contributed by atoms with Crippen molar-refractivity contribution >= 4 is 0 Å². The van der Waals surface area contributed by atoms with Crippen LogP contribution in [-0.4, -0.2) is 40.5 Å². The fourth-order valence-corrected chi connectivity index (χ4v) is 4.13. The molecule has 2 heterocycles. The zero-order chi connectivity index (χ0) is 21.6. The van der Waals surface area contributed by atoms with E-state index in [0.717, 1.165) is 55.7 Å². The van der Waals surface area contributed by atoms with Crippen LogP contribution in [0.2, 0.25) is 0 Å². The molecule has 1 N–H and O–H groups in total. The molecule has 0 radical (unpaired) electrons. The predicted octanol–water partition coefficient (Wildman–Crippen LogP) is 4.39. The second-order valence-electron chi connectivity index (χ2n) is 8.28. The van der Waals surface area contributed by atoms with Crippen molar-refractivity contribution in [2.45, 2.75) is 38.8 Å². The molecule has 31 heavy (non-hydrogen) atoms. The number of nitrogens with zero attached hydrogens (tertiary/aromatic N) is 3. The second kappa shape index (κ2) is 10.1. The summed E-state index contributed by atoms with van der Waals surface area (Å²) in [4.78, 5) is 11.6. The number of nitrogens with one attached hydrogen (secondary N) is 1. The monoisotopic (exact) mass is 422 g/mol. The molecule has 0 unspecified atom stereocenters. The standard InChI is InChI=1S/C25H28F2N4/c1-18-16-31(11-10-28-18)17-20-5-2-6-21(12-20)24-8-9-29-25(30-24)7-3-4-19-13-22(26)15-23(27)14-19/h2,5-6,8-9,12-15,18,28H,3-4,7,10-11,16-17H2,1H3/t18-/m1/s1. The van der Waals surface area contributed by atoms with Crippen LogP contribution < -0.4 is 5.32 Å². The van der Waals surface area contributed by atoms with Gasteiger partial charge in [0.2, 0.25) is 0 Å². The molecule has 162 valence electrons. The molecule has 0 aliphatic carbocycles. The molecule has 1 atom stereocenters. The van der Waals surface area contributed by atoms with Crippen molar-refractivity contribution in [1.29, 1.82) is 0 Å². The zero-order valence-corrected chi connectivity index (χ0v) is 17.8. The maximum atomic E-state index is 13.3. The van der Waals surface area contributed by atoms with E-state index in [-0.39, 0.29) is 0 Å². The molecule has 1 aliphatic rings. The van der Waals surface area contributed by atoms with Gasteiger partial charge in [0.25, 0.3) is 0 Å². The number of hydrogen-bond acceptors (Lipinski definition) is 4. The van der Waals surface area contributed by atoms with Crippen molar-refractivity contribution < 1.29 is 8.78 Å². The van der Waals surface area contributed by atoms with Crippen molar-refractivity contribution in [1.82, 2.24) is 20.2 Å². The van der Waals surface area contributed by atoms with Gasteiger partial charge in [0.15, 0.2) is 0 Å². The summed E-state index contributed by atoms with van der Waals surface area (Å²) in [6.07, 6.45) is 3.75. The van der Waals surface area contributed by atoms with Crippen molar-refractivity contribution in [2.24, 2.45) is 0 Å². The first-order valence-electron chi connectivity index (χ1n) is 10.9. The Hall–Kier alpha value is -2.70. The van der Waals surface area contributed by atoms with Gasteiger partial charge in [-0.15, -0.1) is 0 Å². The van der Waals surface area contributed by atoms with Gasteiger partial charge in [0, 0.05) is 56.5 Å². The molecule has 0 amide bonds. The van der Waals surface area contributed by atoms with Gasteiger partial charge in [0.05, 0.1) is 5.69 Å². The third-order valence-corrected chi connectivity index (χ3v) is 5.58. The third kappa shape index (κ3) is 6.15. The Balaban J connectivity index is 1.39. The summed E-state index contributed by atoms with van der Waals surface area (Å²) in [5, 5.41) is 3.48. The van der Waals surface area contributed by atoms with Gasteiger partial charge in [0.1, 0.15) is 17.5 Å². The van der Waals surface area contributed by atoms with Crippen molar-refractivity contribution in [3.8, 4) is 11.3 Å². The Kier molecular flexibility index (Phi) is 6.99. The topological polar surface area (TPSA) is 41.1 Å². The van der Waals surface area contributed by atoms with Gasteiger partial charge in [-0.3, -0.25) is 4.90 Å². The Labute approximate surface area is 182 Å². The molecule has 1 saturated heterocycles. The van der Waals surface area contributed by atoms with Crippen LogP contribution in [0.25, 0.3) is 11.3 Å². The Morgan fingerprint density at radius 1 is 1.03 bits per heavy atom. The maximum Gasteiger partial charge on any atom is 0.128 e. The zero-order valence-electron chi connectivity index (χ0n) is 17.8. The first-order chi connectivity index (χ1) is 15.0. The molecule has 1 fully saturated rings. The average Bonchev–Trinajstić information content (AvgIpc) is 2.74. The summed E-state index contributed by atoms with van der Waals surface area (Å²) in [7, 11) is 0. The lowest BCUT2D eigenvalue weighted by Crippen LogP contribution is -2.48. The van der Waals surface area contributed by atoms with E-state index < -0.39 is 11.6 Å². The van der Waals surface area contributed by atoms with Crippen LogP contribution in [0.1, 0.15) is 30.3 Å². The SMILES string of the molecule is C[C@@H]1CN(Cc2cccc(-c3ccnc(CCCc4cc(F)cc(F)c4)n3)c2)CCN1. The summed E-state index contributed by atoms with van der Waals surface area (Å²) in [6, 6.07) is 14.6. The number of hydrogen-bond donors (Lipinski definition) is 1. The highest BCUT2D eigenvalue weighted by Crippen LogP contribution is 2.20. The van der Waals surface area contributed by atoms with Gasteiger partial charge >= 0.3 is 0 Å². The number of piperazine rings is 1. The summed E-state index contributed by atoms with van der Waals surface area (Å²) < 4.78 is 26.7. The summed E-state index contributed by atoms with van der Waals surface area (Å²) in [6.45, 7) is 6.29. The van der Waals surface area contributed by atoms with Gasteiger partial charge in [-0.1, -0.05) is 18.2 Å². The van der Waals surface area contributed by atoms with Crippen LogP contribution >= 0.6 is 0 Å². The molecule has 2 aromatic carbocycles. The van der Waals surface area contributed by atoms with E-state index in [1.807, 2.05) is 6.07 Å². The van der Waals surface area contributed by atoms with Gasteiger partial charge in [-0.25, -0.2) is 18.7 Å². The first kappa shape index (κ1) is 21.5. The van der Waals surface area contributed by atoms with Crippen molar-refractivity contribution in [2.75, 3.05) is 19.6 Å². The minimum atomic E-state index is -0.539. The Morgan fingerprint density at radius 3 is 2.68 bits per heavy atom. The quantitative estimate of drug-likeness (QED) is 0.613. The molecule has 0 spiro atoms. The van der Waals surface area contributed by atoms with Gasteiger partial charge in [-0.05, 0) is 55.2 Å². The van der Waals surface area contributed by atoms with E-state index in [9.17, 15) is 8.78 Å². The van der Waals surface area contributed by atoms with Crippen LogP contribution in [0.4, 0.5) is 8.78 Å². The normalized spacial score (nSPS) is 17.1. The molecular formula is C25H28F2N4. The predicted molar refractivity (Wildman–Crippen MR) is 119 cm³/mol. The molecule has 1 aromatic heterocycles. The van der Waals surface area contributed by atoms with Gasteiger partial charge < -0.3 is 5.32 Å². The average molecular weight is 423 g/mol. The van der Waals surface area contributed by atoms with E-state index in [4.69, 9.17) is 4.98 Å². The van der Waals surface area contributed by atoms with E-state index in [2.05, 4.69) is 46.4 Å². The van der Waals surface area contributed by atoms with Crippen molar-refractivity contribution in [3.63, 3.8) is 0 Å². The van der Waals surface area contributed by atoms with Crippen LogP contribution in [-0.2, 0) is 19.4 Å². The molecule has 3 aromatic rings. The first-order valence-corrected chi connectivity index (χ1v) is 10.9. The maximum absolute atomic E-state index is 13.3. The van der Waals surface area contributed by atoms with Gasteiger partial charge in [-0.2, -0.15) is 0 Å². The summed E-state index contributed by atoms with van der Waals surface area (Å²) in [5.41, 5.74) is 3.91. The highest BCUT2D eigenvalue weighted by molar-refractivity contribution is 5.59. The molecule has 4 nitrogen and oxygen atoms in total. The van der Waals surface area contributed by atoms with Crippen LogP contribution in [0.3, 0.4) is 0 Å². The van der Waals surface area contributed by atoms with Crippen LogP contribution in [0.15, 0.2) is 54.7 Å². The number of rotatable bonds is 7. The van der Waals surface area contributed by atoms with E-state index >= 15 is 0 Å². The van der Waals surface area contributed by atoms with E-state index in [1.165, 1.54) is 17.7 Å². The number of benzene rings is 2. The molecule has 0 saturated carbocycles. The fraction of sp³-hybridized carbons (Fsp3) is 0.360. The second-order valence-corrected chi connectivity index (χ2v) is 8.28. The number of aromatic nitrogens is 2. The molecule has 1 aliphatic heterocycles. The lowest BCUT2D eigenvalue weighted by molar-refractivity contribution is 0.199. The van der Waals surface area contributed by atoms with E-state index in [0.29, 0.717) is 24.4 Å². The van der Waals surface area contributed by atoms with Crippen LogP contribution in [0, 0.1) is 11.6 Å². The lowest BCUT2D eigenvalue weighted by atomic mass is 10.1. The molecule has 4 rings (SSSR count). The highest BCUT2D eigenvalue weighted by atomic mass is 19.1. The lowest BCUT2D eigenvalue weighted by Gasteiger charge is -2.31. The van der Waals surface area contributed by atoms with E-state index in [1.54, 1.807) is 6.20 Å². The minimum absolute atomic E-state index is 0.519. The molecular weight excluding hydrogens is 394 g/mol. The number of halogens is 2. The fourth-order valence-electron chi connectivity index (χ4n) is 4.13. The molecule has 6 heteroatoms. The smallest absolute Gasteiger partial charge is 0.128 e. The highest BCUT2D eigenvalue weighted by Gasteiger charge is 2.15. The largest absolute Gasteiger partial charge is 0.312 e. The third-order valence-electron chi connectivity index (χ3n) is 5.58. The summed E-state index contributed by atoms with van der Waals surface area (Å²) >= 11 is 0. The summed E-state index contributed by atoms with van der Waals surface area (Å²) in [5.74, 6) is -0.331. The Bertz CT molecular complexity index is 1000. The number of aryl methyl sites for hydroxylation is 2. The Morgan fingerprint density at radius 2 is 1.87 bits per heavy atom. The minimum Gasteiger partial charge on any atom is -0.312 e. The van der Waals surface area contributed by atoms with Crippen molar-refractivity contribution in [3.05, 3.63) is 83.3 Å². The van der Waals surface area contributed by atoms with Crippen LogP contribution in [0.5, 0.6) is 0 Å². The molecule has 0 bridgehead atoms.